The van der Waals surface area contributed by atoms with Gasteiger partial charge in [0.05, 0.1) is 16.6 Å². The van der Waals surface area contributed by atoms with Gasteiger partial charge in [-0.25, -0.2) is 4.39 Å². The van der Waals surface area contributed by atoms with Crippen molar-refractivity contribution in [3.63, 3.8) is 0 Å². The molecule has 1 saturated heterocycles. The van der Waals surface area contributed by atoms with Crippen LogP contribution in [0.25, 0.3) is 22.2 Å². The first kappa shape index (κ1) is 23.2. The fourth-order valence-electron chi connectivity index (χ4n) is 5.32. The van der Waals surface area contributed by atoms with E-state index in [9.17, 15) is 18.8 Å². The fourth-order valence-corrected chi connectivity index (χ4v) is 5.32. The summed E-state index contributed by atoms with van der Waals surface area (Å²) in [6.07, 6.45) is 0. The van der Waals surface area contributed by atoms with Crippen LogP contribution in [-0.2, 0) is 0 Å². The van der Waals surface area contributed by atoms with Crippen LogP contribution in [-0.4, -0.2) is 58.6 Å². The van der Waals surface area contributed by atoms with E-state index in [2.05, 4.69) is 20.6 Å². The molecule has 6 rings (SSSR count). The van der Waals surface area contributed by atoms with Crippen molar-refractivity contribution in [2.45, 2.75) is 13.0 Å². The first-order chi connectivity index (χ1) is 17.9. The molecule has 4 aromatic rings. The number of rotatable bonds is 4. The standard InChI is InChI=1S/C28H24FN5O3/c1-16(33-13-11-30-12-14-33)23-20(9-10-21-24(23)27(36)31-26(21)35)25-19-8-7-18(29)15-22(19)34(32-25)28(37)17-5-3-2-4-6-17/h2-10,15-16,30H,11-14H2,1H3,(H,31,35,36). The molecule has 1 atom stereocenters. The minimum absolute atomic E-state index is 0.214. The Labute approximate surface area is 212 Å². The highest BCUT2D eigenvalue weighted by Crippen LogP contribution is 2.39. The quantitative estimate of drug-likeness (QED) is 0.420. The molecular weight excluding hydrogens is 473 g/mol. The lowest BCUT2D eigenvalue weighted by atomic mass is 9.89. The Hall–Kier alpha value is -4.21. The van der Waals surface area contributed by atoms with Gasteiger partial charge in [0.25, 0.3) is 17.7 Å². The van der Waals surface area contributed by atoms with Crippen LogP contribution in [0, 0.1) is 5.82 Å². The van der Waals surface area contributed by atoms with E-state index >= 15 is 0 Å². The predicted molar refractivity (Wildman–Crippen MR) is 136 cm³/mol. The second kappa shape index (κ2) is 9.02. The second-order valence-corrected chi connectivity index (χ2v) is 9.29. The summed E-state index contributed by atoms with van der Waals surface area (Å²) in [5.74, 6) is -1.77. The van der Waals surface area contributed by atoms with E-state index in [1.165, 1.54) is 16.8 Å². The van der Waals surface area contributed by atoms with Crippen molar-refractivity contribution in [1.29, 1.82) is 0 Å². The number of carbonyl (C=O) groups excluding carboxylic acids is 3. The maximum absolute atomic E-state index is 14.4. The molecule has 0 saturated carbocycles. The molecule has 2 N–H and O–H groups in total. The number of imide groups is 1. The van der Waals surface area contributed by atoms with Crippen molar-refractivity contribution in [3.05, 3.63) is 88.7 Å². The second-order valence-electron chi connectivity index (χ2n) is 9.29. The third kappa shape index (κ3) is 3.83. The van der Waals surface area contributed by atoms with Gasteiger partial charge in [0.1, 0.15) is 11.5 Å². The highest BCUT2D eigenvalue weighted by atomic mass is 19.1. The van der Waals surface area contributed by atoms with Crippen LogP contribution >= 0.6 is 0 Å². The van der Waals surface area contributed by atoms with Gasteiger partial charge in [0.2, 0.25) is 0 Å². The normalized spacial score (nSPS) is 16.6. The van der Waals surface area contributed by atoms with Crippen molar-refractivity contribution >= 4 is 28.6 Å². The predicted octanol–water partition coefficient (Wildman–Crippen LogP) is 3.38. The first-order valence-electron chi connectivity index (χ1n) is 12.2. The van der Waals surface area contributed by atoms with Crippen LogP contribution in [0.1, 0.15) is 49.6 Å². The summed E-state index contributed by atoms with van der Waals surface area (Å²) in [7, 11) is 0. The molecule has 0 aliphatic carbocycles. The lowest BCUT2D eigenvalue weighted by molar-refractivity contribution is 0.0876. The van der Waals surface area contributed by atoms with Gasteiger partial charge in [0.15, 0.2) is 0 Å². The number of amides is 2. The molecule has 186 valence electrons. The van der Waals surface area contributed by atoms with Gasteiger partial charge in [-0.2, -0.15) is 9.78 Å². The van der Waals surface area contributed by atoms with Gasteiger partial charge < -0.3 is 5.32 Å². The molecule has 3 aromatic carbocycles. The molecule has 2 aliphatic heterocycles. The zero-order chi connectivity index (χ0) is 25.7. The Bertz CT molecular complexity index is 1570. The maximum Gasteiger partial charge on any atom is 0.278 e. The van der Waals surface area contributed by atoms with Crippen molar-refractivity contribution < 1.29 is 18.8 Å². The highest BCUT2D eigenvalue weighted by Gasteiger charge is 2.35. The van der Waals surface area contributed by atoms with Crippen LogP contribution < -0.4 is 10.6 Å². The van der Waals surface area contributed by atoms with Crippen LogP contribution in [0.5, 0.6) is 0 Å². The summed E-state index contributed by atoms with van der Waals surface area (Å²) in [5.41, 5.74) is 3.14. The topological polar surface area (TPSA) is 96.3 Å². The number of nitrogens with one attached hydrogen (secondary N) is 2. The van der Waals surface area contributed by atoms with Gasteiger partial charge in [-0.3, -0.25) is 24.6 Å². The Morgan fingerprint density at radius 3 is 2.46 bits per heavy atom. The number of piperazine rings is 1. The third-order valence-electron chi connectivity index (χ3n) is 7.17. The Kier molecular flexibility index (Phi) is 5.66. The fraction of sp³-hybridized carbons (Fsp3) is 0.214. The lowest BCUT2D eigenvalue weighted by Gasteiger charge is -2.34. The number of fused-ring (bicyclic) bond motifs is 2. The minimum atomic E-state index is -0.491. The Balaban J connectivity index is 1.60. The summed E-state index contributed by atoms with van der Waals surface area (Å²) in [6, 6.07) is 16.1. The molecule has 0 spiro atoms. The van der Waals surface area contributed by atoms with E-state index in [0.717, 1.165) is 26.2 Å². The number of hydrogen-bond donors (Lipinski definition) is 2. The van der Waals surface area contributed by atoms with Crippen molar-refractivity contribution in [3.8, 4) is 11.3 Å². The number of carbonyl (C=O) groups is 3. The van der Waals surface area contributed by atoms with Crippen molar-refractivity contribution in [2.24, 2.45) is 0 Å². The monoisotopic (exact) mass is 497 g/mol. The average molecular weight is 498 g/mol. The van der Waals surface area contributed by atoms with E-state index < -0.39 is 23.5 Å². The van der Waals surface area contributed by atoms with Gasteiger partial charge in [-0.1, -0.05) is 24.3 Å². The van der Waals surface area contributed by atoms with Crippen LogP contribution in [0.4, 0.5) is 4.39 Å². The Morgan fingerprint density at radius 1 is 0.973 bits per heavy atom. The molecule has 0 bridgehead atoms. The van der Waals surface area contributed by atoms with Crippen molar-refractivity contribution in [2.75, 3.05) is 26.2 Å². The first-order valence-corrected chi connectivity index (χ1v) is 12.2. The zero-order valence-electron chi connectivity index (χ0n) is 20.1. The molecule has 1 fully saturated rings. The lowest BCUT2D eigenvalue weighted by Crippen LogP contribution is -2.44. The van der Waals surface area contributed by atoms with Crippen LogP contribution in [0.3, 0.4) is 0 Å². The molecule has 0 radical (unpaired) electrons. The number of hydrogen-bond acceptors (Lipinski definition) is 6. The molecule has 37 heavy (non-hydrogen) atoms. The molecule has 2 amide bonds. The summed E-state index contributed by atoms with van der Waals surface area (Å²) in [5, 5.41) is 11.0. The molecule has 2 aliphatic rings. The van der Waals surface area contributed by atoms with Gasteiger partial charge >= 0.3 is 0 Å². The average Bonchev–Trinajstić information content (AvgIpc) is 3.44. The van der Waals surface area contributed by atoms with E-state index in [1.807, 2.05) is 13.0 Å². The van der Waals surface area contributed by atoms with Gasteiger partial charge in [-0.05, 0) is 42.8 Å². The largest absolute Gasteiger partial charge is 0.314 e. The number of benzene rings is 3. The molecule has 1 aromatic heterocycles. The summed E-state index contributed by atoms with van der Waals surface area (Å²) in [6.45, 7) is 5.17. The molecule has 8 nitrogen and oxygen atoms in total. The number of aromatic nitrogens is 2. The highest BCUT2D eigenvalue weighted by molar-refractivity contribution is 6.23. The zero-order valence-corrected chi connectivity index (χ0v) is 20.1. The molecule has 3 heterocycles. The minimum Gasteiger partial charge on any atom is -0.314 e. The van der Waals surface area contributed by atoms with Gasteiger partial charge in [0, 0.05) is 54.8 Å². The van der Waals surface area contributed by atoms with Crippen LogP contribution in [0.15, 0.2) is 60.7 Å². The van der Waals surface area contributed by atoms with Crippen molar-refractivity contribution in [1.82, 2.24) is 25.3 Å². The summed E-state index contributed by atoms with van der Waals surface area (Å²) >= 11 is 0. The van der Waals surface area contributed by atoms with Gasteiger partial charge in [-0.15, -0.1) is 0 Å². The molecular formula is C28H24FN5O3. The molecule has 1 unspecified atom stereocenters. The molecule has 9 heteroatoms. The maximum atomic E-state index is 14.4. The van der Waals surface area contributed by atoms with E-state index in [-0.39, 0.29) is 6.04 Å². The van der Waals surface area contributed by atoms with E-state index in [0.29, 0.717) is 44.4 Å². The van der Waals surface area contributed by atoms with E-state index in [4.69, 9.17) is 0 Å². The smallest absolute Gasteiger partial charge is 0.278 e. The Morgan fingerprint density at radius 2 is 1.70 bits per heavy atom. The van der Waals surface area contributed by atoms with Crippen LogP contribution in [0.2, 0.25) is 0 Å². The van der Waals surface area contributed by atoms with E-state index in [1.54, 1.807) is 42.5 Å². The number of nitrogens with zero attached hydrogens (tertiary/aromatic N) is 3. The number of halogens is 1. The summed E-state index contributed by atoms with van der Waals surface area (Å²) in [4.78, 5) is 41.2. The third-order valence-corrected chi connectivity index (χ3v) is 7.17. The SMILES string of the molecule is CC(c1c(-c2nn(C(=O)c3ccccc3)c3cc(F)ccc23)ccc2c1C(=O)NC2=O)N1CCNCC1. The summed E-state index contributed by atoms with van der Waals surface area (Å²) < 4.78 is 15.6.